The number of hydrogen-bond donors (Lipinski definition) is 0. The van der Waals surface area contributed by atoms with Crippen molar-refractivity contribution in [2.45, 2.75) is 6.43 Å². The Kier molecular flexibility index (Phi) is 3.64. The lowest BCUT2D eigenvalue weighted by atomic mass is 10.2. The Morgan fingerprint density at radius 1 is 1.43 bits per heavy atom. The molecule has 1 aromatic heterocycles. The van der Waals surface area contributed by atoms with Gasteiger partial charge in [0.05, 0.1) is 16.1 Å². The first-order chi connectivity index (χ1) is 6.45. The zero-order chi connectivity index (χ0) is 10.9. The van der Waals surface area contributed by atoms with Crippen LogP contribution in [0.25, 0.3) is 0 Å². The van der Waals surface area contributed by atoms with Crippen LogP contribution < -0.4 is 0 Å². The fourth-order valence-electron chi connectivity index (χ4n) is 0.806. The lowest BCUT2D eigenvalue weighted by molar-refractivity contribution is 0.108. The minimum absolute atomic E-state index is 0.284. The molecule has 7 heteroatoms. The monoisotopic (exact) mass is 259 g/mol. The van der Waals surface area contributed by atoms with Crippen LogP contribution in [0, 0.1) is 0 Å². The van der Waals surface area contributed by atoms with Crippen molar-refractivity contribution in [1.82, 2.24) is 4.98 Å². The SMILES string of the molecule is O=C(Cl)c1cnc(Cl)c(C(F)F)c1Cl. The van der Waals surface area contributed by atoms with E-state index < -0.39 is 27.4 Å². The summed E-state index contributed by atoms with van der Waals surface area (Å²) in [6, 6.07) is 0. The Bertz CT molecular complexity index is 383. The van der Waals surface area contributed by atoms with Crippen LogP contribution >= 0.6 is 34.8 Å². The number of aromatic nitrogens is 1. The van der Waals surface area contributed by atoms with Gasteiger partial charge in [0.2, 0.25) is 0 Å². The topological polar surface area (TPSA) is 30.0 Å². The van der Waals surface area contributed by atoms with Crippen LogP contribution in [0.2, 0.25) is 10.2 Å². The third kappa shape index (κ3) is 2.13. The van der Waals surface area contributed by atoms with Crippen LogP contribution in [0.1, 0.15) is 22.3 Å². The van der Waals surface area contributed by atoms with Crippen LogP contribution in [0.4, 0.5) is 8.78 Å². The number of rotatable bonds is 2. The lowest BCUT2D eigenvalue weighted by Crippen LogP contribution is -1.99. The van der Waals surface area contributed by atoms with E-state index in [1.807, 2.05) is 0 Å². The molecule has 14 heavy (non-hydrogen) atoms. The molecular formula is C7H2Cl3F2NO. The maximum Gasteiger partial charge on any atom is 0.268 e. The molecule has 1 heterocycles. The number of alkyl halides is 2. The zero-order valence-corrected chi connectivity index (χ0v) is 8.67. The highest BCUT2D eigenvalue weighted by molar-refractivity contribution is 6.68. The van der Waals surface area contributed by atoms with Crippen molar-refractivity contribution in [3.05, 3.63) is 27.5 Å². The molecule has 0 amide bonds. The first-order valence-corrected chi connectivity index (χ1v) is 4.40. The quantitative estimate of drug-likeness (QED) is 0.599. The minimum atomic E-state index is -2.90. The van der Waals surface area contributed by atoms with Gasteiger partial charge >= 0.3 is 0 Å². The Morgan fingerprint density at radius 3 is 2.43 bits per heavy atom. The Balaban J connectivity index is 3.41. The average Bonchev–Trinajstić information content (AvgIpc) is 2.02. The van der Waals surface area contributed by atoms with Gasteiger partial charge in [-0.25, -0.2) is 13.8 Å². The second kappa shape index (κ2) is 4.38. The van der Waals surface area contributed by atoms with Crippen molar-refractivity contribution >= 4 is 40.0 Å². The van der Waals surface area contributed by atoms with Crippen LogP contribution in [-0.2, 0) is 0 Å². The van der Waals surface area contributed by atoms with Crippen molar-refractivity contribution in [2.24, 2.45) is 0 Å². The normalized spacial score (nSPS) is 10.7. The van der Waals surface area contributed by atoms with Gasteiger partial charge in [-0.15, -0.1) is 0 Å². The summed E-state index contributed by atoms with van der Waals surface area (Å²) in [6.45, 7) is 0. The van der Waals surface area contributed by atoms with Gasteiger partial charge in [-0.2, -0.15) is 0 Å². The molecule has 0 aliphatic carbocycles. The minimum Gasteiger partial charge on any atom is -0.275 e. The van der Waals surface area contributed by atoms with Crippen molar-refractivity contribution in [3.63, 3.8) is 0 Å². The van der Waals surface area contributed by atoms with Gasteiger partial charge < -0.3 is 0 Å². The molecule has 1 rings (SSSR count). The average molecular weight is 260 g/mol. The third-order valence-corrected chi connectivity index (χ3v) is 2.34. The molecule has 0 atom stereocenters. The van der Waals surface area contributed by atoms with Crippen LogP contribution in [0.3, 0.4) is 0 Å². The molecular weight excluding hydrogens is 258 g/mol. The van der Waals surface area contributed by atoms with E-state index in [-0.39, 0.29) is 5.56 Å². The summed E-state index contributed by atoms with van der Waals surface area (Å²) in [5, 5.41) is -1.85. The Labute approximate surface area is 92.8 Å². The molecule has 0 N–H and O–H groups in total. The van der Waals surface area contributed by atoms with E-state index >= 15 is 0 Å². The van der Waals surface area contributed by atoms with E-state index in [0.717, 1.165) is 6.20 Å². The van der Waals surface area contributed by atoms with Crippen molar-refractivity contribution in [3.8, 4) is 0 Å². The number of nitrogens with zero attached hydrogens (tertiary/aromatic N) is 1. The molecule has 0 saturated heterocycles. The molecule has 2 nitrogen and oxygen atoms in total. The van der Waals surface area contributed by atoms with E-state index in [0.29, 0.717) is 0 Å². The molecule has 0 saturated carbocycles. The lowest BCUT2D eigenvalue weighted by Gasteiger charge is -2.06. The summed E-state index contributed by atoms with van der Waals surface area (Å²) in [5.41, 5.74) is -0.965. The van der Waals surface area contributed by atoms with Gasteiger partial charge in [-0.1, -0.05) is 23.2 Å². The first kappa shape index (κ1) is 11.6. The smallest absolute Gasteiger partial charge is 0.268 e. The van der Waals surface area contributed by atoms with Gasteiger partial charge in [-0.3, -0.25) is 4.79 Å². The van der Waals surface area contributed by atoms with Crippen LogP contribution in [0.15, 0.2) is 6.20 Å². The van der Waals surface area contributed by atoms with Crippen molar-refractivity contribution in [2.75, 3.05) is 0 Å². The summed E-state index contributed by atoms with van der Waals surface area (Å²) in [4.78, 5) is 14.1. The van der Waals surface area contributed by atoms with E-state index in [9.17, 15) is 13.6 Å². The predicted molar refractivity (Wildman–Crippen MR) is 49.4 cm³/mol. The molecule has 76 valence electrons. The molecule has 0 aliphatic heterocycles. The van der Waals surface area contributed by atoms with Gasteiger partial charge in [0, 0.05) is 6.20 Å². The largest absolute Gasteiger partial charge is 0.275 e. The standard InChI is InChI=1S/C7H2Cl3F2NO/c8-4-2(6(10)14)1-13-5(9)3(4)7(11)12/h1,7H. The fraction of sp³-hybridized carbons (Fsp3) is 0.143. The van der Waals surface area contributed by atoms with E-state index in [1.165, 1.54) is 0 Å². The number of hydrogen-bond acceptors (Lipinski definition) is 2. The molecule has 0 fully saturated rings. The Morgan fingerprint density at radius 2 is 2.00 bits per heavy atom. The van der Waals surface area contributed by atoms with Gasteiger partial charge in [0.25, 0.3) is 11.7 Å². The van der Waals surface area contributed by atoms with E-state index in [2.05, 4.69) is 4.98 Å². The number of halogens is 5. The summed E-state index contributed by atoms with van der Waals surface area (Å²) >= 11 is 16.0. The second-order valence-electron chi connectivity index (χ2n) is 2.26. The van der Waals surface area contributed by atoms with Crippen molar-refractivity contribution in [1.29, 1.82) is 0 Å². The van der Waals surface area contributed by atoms with Crippen molar-refractivity contribution < 1.29 is 13.6 Å². The summed E-state index contributed by atoms with van der Waals surface area (Å²) in [6.07, 6.45) is -1.95. The number of carbonyl (C=O) groups is 1. The number of carbonyl (C=O) groups excluding carboxylic acids is 1. The zero-order valence-electron chi connectivity index (χ0n) is 6.40. The molecule has 1 aromatic rings. The fourth-order valence-corrected chi connectivity index (χ4v) is 1.58. The molecule has 0 radical (unpaired) electrons. The molecule has 0 unspecified atom stereocenters. The highest BCUT2D eigenvalue weighted by Crippen LogP contribution is 2.34. The molecule has 0 spiro atoms. The van der Waals surface area contributed by atoms with E-state index in [4.69, 9.17) is 34.8 Å². The molecule has 0 bridgehead atoms. The maximum atomic E-state index is 12.4. The summed E-state index contributed by atoms with van der Waals surface area (Å²) in [5.74, 6) is 0. The predicted octanol–water partition coefficient (Wildman–Crippen LogP) is 3.71. The van der Waals surface area contributed by atoms with Gasteiger partial charge in [-0.05, 0) is 11.6 Å². The molecule has 0 aliphatic rings. The second-order valence-corrected chi connectivity index (χ2v) is 3.34. The first-order valence-electron chi connectivity index (χ1n) is 3.27. The highest BCUT2D eigenvalue weighted by Gasteiger charge is 2.22. The number of pyridine rings is 1. The highest BCUT2D eigenvalue weighted by atomic mass is 35.5. The summed E-state index contributed by atoms with van der Waals surface area (Å²) in [7, 11) is 0. The Hall–Kier alpha value is -0.450. The summed E-state index contributed by atoms with van der Waals surface area (Å²) < 4.78 is 24.7. The molecule has 0 aromatic carbocycles. The van der Waals surface area contributed by atoms with Crippen LogP contribution in [0.5, 0.6) is 0 Å². The van der Waals surface area contributed by atoms with E-state index in [1.54, 1.807) is 0 Å². The maximum absolute atomic E-state index is 12.4. The van der Waals surface area contributed by atoms with Crippen LogP contribution in [-0.4, -0.2) is 10.2 Å². The van der Waals surface area contributed by atoms with Gasteiger partial charge in [0.1, 0.15) is 5.15 Å². The third-order valence-electron chi connectivity index (χ3n) is 1.43. The van der Waals surface area contributed by atoms with Gasteiger partial charge in [0.15, 0.2) is 0 Å².